The van der Waals surface area contributed by atoms with Crippen LogP contribution in [-0.2, 0) is 9.53 Å². The van der Waals surface area contributed by atoms with Crippen LogP contribution in [0.4, 0.5) is 0 Å². The number of hydrogen-bond donors (Lipinski definition) is 1. The Kier molecular flexibility index (Phi) is 4.59. The predicted octanol–water partition coefficient (Wildman–Crippen LogP) is 2.69. The second-order valence-corrected chi connectivity index (χ2v) is 4.90. The predicted molar refractivity (Wildman–Crippen MR) is 56.4 cm³/mol. The van der Waals surface area contributed by atoms with Crippen molar-refractivity contribution < 1.29 is 14.6 Å². The van der Waals surface area contributed by atoms with Crippen molar-refractivity contribution in [2.24, 2.45) is 5.41 Å². The topological polar surface area (TPSA) is 46.5 Å². The Morgan fingerprint density at radius 3 is 2.14 bits per heavy atom. The minimum atomic E-state index is -0.768. The molecule has 0 aromatic rings. The fourth-order valence-electron chi connectivity index (χ4n) is 0.791. The minimum absolute atomic E-state index is 0.144. The second-order valence-electron chi connectivity index (χ2n) is 4.90. The van der Waals surface area contributed by atoms with Crippen LogP contribution in [0.15, 0.2) is 0 Å². The molecule has 0 rings (SSSR count). The van der Waals surface area contributed by atoms with E-state index in [2.05, 4.69) is 6.92 Å². The summed E-state index contributed by atoms with van der Waals surface area (Å²) in [7, 11) is 0. The van der Waals surface area contributed by atoms with E-state index in [0.29, 0.717) is 13.0 Å². The maximum Gasteiger partial charge on any atom is 0.309 e. The van der Waals surface area contributed by atoms with E-state index in [1.165, 1.54) is 0 Å². The first-order valence-electron chi connectivity index (χ1n) is 5.08. The van der Waals surface area contributed by atoms with E-state index in [1.54, 1.807) is 13.8 Å². The monoisotopic (exact) mass is 202 g/mol. The second kappa shape index (κ2) is 4.78. The zero-order valence-corrected chi connectivity index (χ0v) is 9.89. The van der Waals surface area contributed by atoms with E-state index >= 15 is 0 Å². The van der Waals surface area contributed by atoms with Crippen LogP contribution >= 0.6 is 0 Å². The quantitative estimate of drug-likeness (QED) is 0.720. The summed E-state index contributed by atoms with van der Waals surface area (Å²) in [4.78, 5) is 10.8. The van der Waals surface area contributed by atoms with E-state index in [4.69, 9.17) is 9.84 Å². The summed E-state index contributed by atoms with van der Waals surface area (Å²) in [5.74, 6) is -0.768. The van der Waals surface area contributed by atoms with Crippen LogP contribution in [0.25, 0.3) is 0 Å². The molecule has 0 saturated heterocycles. The van der Waals surface area contributed by atoms with Crippen LogP contribution in [0.5, 0.6) is 0 Å². The Labute approximate surface area is 86.5 Å². The lowest BCUT2D eigenvalue weighted by Crippen LogP contribution is -2.29. The third-order valence-corrected chi connectivity index (χ3v) is 2.65. The Morgan fingerprint density at radius 2 is 1.79 bits per heavy atom. The van der Waals surface area contributed by atoms with Gasteiger partial charge in [-0.05, 0) is 40.5 Å². The number of ether oxygens (including phenoxy) is 1. The van der Waals surface area contributed by atoms with Crippen molar-refractivity contribution in [2.75, 3.05) is 6.61 Å². The molecular formula is C11H22O3. The molecule has 0 radical (unpaired) electrons. The molecule has 0 bridgehead atoms. The standard InChI is InChI=1S/C11H22O3/c1-6-11(4,5)14-8-7-10(2,3)9(12)13/h6-8H2,1-5H3,(H,12,13). The van der Waals surface area contributed by atoms with Crippen LogP contribution in [0.1, 0.15) is 47.5 Å². The molecule has 14 heavy (non-hydrogen) atoms. The molecule has 0 aromatic carbocycles. The third-order valence-electron chi connectivity index (χ3n) is 2.65. The number of carboxylic acids is 1. The molecule has 0 aliphatic heterocycles. The van der Waals surface area contributed by atoms with Gasteiger partial charge in [-0.2, -0.15) is 0 Å². The van der Waals surface area contributed by atoms with Crippen LogP contribution in [0.3, 0.4) is 0 Å². The van der Waals surface area contributed by atoms with Crippen LogP contribution < -0.4 is 0 Å². The largest absolute Gasteiger partial charge is 0.481 e. The molecule has 0 aliphatic carbocycles. The molecule has 3 heteroatoms. The molecule has 0 fully saturated rings. The first-order chi connectivity index (χ1) is 6.21. The molecule has 0 spiro atoms. The smallest absolute Gasteiger partial charge is 0.309 e. The molecule has 0 aliphatic rings. The molecule has 0 aromatic heterocycles. The highest BCUT2D eigenvalue weighted by atomic mass is 16.5. The molecule has 0 unspecified atom stereocenters. The Hall–Kier alpha value is -0.570. The van der Waals surface area contributed by atoms with Gasteiger partial charge in [-0.1, -0.05) is 6.92 Å². The summed E-state index contributed by atoms with van der Waals surface area (Å²) in [6, 6.07) is 0. The van der Waals surface area contributed by atoms with Gasteiger partial charge < -0.3 is 9.84 Å². The summed E-state index contributed by atoms with van der Waals surface area (Å²) in [5.41, 5.74) is -0.835. The lowest BCUT2D eigenvalue weighted by molar-refractivity contribution is -0.148. The molecular weight excluding hydrogens is 180 g/mol. The highest BCUT2D eigenvalue weighted by Gasteiger charge is 2.27. The molecule has 1 N–H and O–H groups in total. The average Bonchev–Trinajstić information content (AvgIpc) is 2.03. The van der Waals surface area contributed by atoms with Gasteiger partial charge in [-0.25, -0.2) is 0 Å². The maximum atomic E-state index is 10.8. The van der Waals surface area contributed by atoms with Crippen molar-refractivity contribution in [3.8, 4) is 0 Å². The molecule has 0 heterocycles. The Bertz CT molecular complexity index is 195. The number of carboxylic acid groups (broad SMARTS) is 1. The van der Waals surface area contributed by atoms with Crippen LogP contribution in [-0.4, -0.2) is 23.3 Å². The lowest BCUT2D eigenvalue weighted by atomic mass is 9.90. The van der Waals surface area contributed by atoms with E-state index in [1.807, 2.05) is 13.8 Å². The zero-order chi connectivity index (χ0) is 11.4. The van der Waals surface area contributed by atoms with Gasteiger partial charge in [-0.15, -0.1) is 0 Å². The van der Waals surface area contributed by atoms with Crippen molar-refractivity contribution in [3.63, 3.8) is 0 Å². The summed E-state index contributed by atoms with van der Waals surface area (Å²) in [6.45, 7) is 10.0. The van der Waals surface area contributed by atoms with Gasteiger partial charge in [0.05, 0.1) is 11.0 Å². The zero-order valence-electron chi connectivity index (χ0n) is 9.89. The minimum Gasteiger partial charge on any atom is -0.481 e. The fourth-order valence-corrected chi connectivity index (χ4v) is 0.791. The molecule has 3 nitrogen and oxygen atoms in total. The highest BCUT2D eigenvalue weighted by molar-refractivity contribution is 5.73. The van der Waals surface area contributed by atoms with Gasteiger partial charge in [0.2, 0.25) is 0 Å². The summed E-state index contributed by atoms with van der Waals surface area (Å²) < 4.78 is 5.60. The van der Waals surface area contributed by atoms with Crippen molar-refractivity contribution in [1.82, 2.24) is 0 Å². The number of hydrogen-bond acceptors (Lipinski definition) is 2. The van der Waals surface area contributed by atoms with Crippen molar-refractivity contribution >= 4 is 5.97 Å². The number of carbonyl (C=O) groups is 1. The molecule has 0 atom stereocenters. The Morgan fingerprint density at radius 1 is 1.29 bits per heavy atom. The fraction of sp³-hybridized carbons (Fsp3) is 0.909. The molecule has 84 valence electrons. The van der Waals surface area contributed by atoms with E-state index in [-0.39, 0.29) is 5.60 Å². The first-order valence-corrected chi connectivity index (χ1v) is 5.08. The van der Waals surface area contributed by atoms with E-state index in [9.17, 15) is 4.79 Å². The summed E-state index contributed by atoms with van der Waals surface area (Å²) in [5, 5.41) is 8.87. The first kappa shape index (κ1) is 13.4. The van der Waals surface area contributed by atoms with Gasteiger partial charge >= 0.3 is 5.97 Å². The van der Waals surface area contributed by atoms with Crippen molar-refractivity contribution in [3.05, 3.63) is 0 Å². The van der Waals surface area contributed by atoms with Crippen LogP contribution in [0, 0.1) is 5.41 Å². The molecule has 0 amide bonds. The van der Waals surface area contributed by atoms with Crippen molar-refractivity contribution in [1.29, 1.82) is 0 Å². The third kappa shape index (κ3) is 4.61. The SMILES string of the molecule is CCC(C)(C)OCCC(C)(C)C(=O)O. The van der Waals surface area contributed by atoms with Gasteiger partial charge in [0.25, 0.3) is 0 Å². The van der Waals surface area contributed by atoms with Crippen molar-refractivity contribution in [2.45, 2.75) is 53.1 Å². The summed E-state index contributed by atoms with van der Waals surface area (Å²) >= 11 is 0. The number of aliphatic carboxylic acids is 1. The lowest BCUT2D eigenvalue weighted by Gasteiger charge is -2.26. The van der Waals surface area contributed by atoms with Crippen LogP contribution in [0.2, 0.25) is 0 Å². The molecule has 0 saturated carbocycles. The van der Waals surface area contributed by atoms with Gasteiger partial charge in [0.15, 0.2) is 0 Å². The van der Waals surface area contributed by atoms with Gasteiger partial charge in [0, 0.05) is 6.61 Å². The normalized spacial score (nSPS) is 12.9. The maximum absolute atomic E-state index is 10.8. The Balaban J connectivity index is 3.91. The highest BCUT2D eigenvalue weighted by Crippen LogP contribution is 2.22. The summed E-state index contributed by atoms with van der Waals surface area (Å²) in [6.07, 6.45) is 1.48. The van der Waals surface area contributed by atoms with E-state index in [0.717, 1.165) is 6.42 Å². The van der Waals surface area contributed by atoms with Gasteiger partial charge in [-0.3, -0.25) is 4.79 Å². The van der Waals surface area contributed by atoms with Gasteiger partial charge in [0.1, 0.15) is 0 Å². The van der Waals surface area contributed by atoms with E-state index < -0.39 is 11.4 Å². The average molecular weight is 202 g/mol. The number of rotatable bonds is 6.